The van der Waals surface area contributed by atoms with Crippen molar-refractivity contribution in [3.8, 4) is 18.4 Å². The van der Waals surface area contributed by atoms with Crippen LogP contribution in [0, 0.1) is 23.7 Å². The van der Waals surface area contributed by atoms with Crippen LogP contribution in [-0.4, -0.2) is 34.9 Å². The van der Waals surface area contributed by atoms with E-state index in [1.165, 1.54) is 4.90 Å². The van der Waals surface area contributed by atoms with E-state index >= 15 is 0 Å². The number of hydrogen-bond acceptors (Lipinski definition) is 5. The number of para-hydroxylation sites is 1. The van der Waals surface area contributed by atoms with E-state index < -0.39 is 24.9 Å². The van der Waals surface area contributed by atoms with Gasteiger partial charge in [-0.2, -0.15) is 5.26 Å². The molecule has 1 aromatic carbocycles. The second kappa shape index (κ2) is 10.2. The molecule has 2 N–H and O–H groups in total. The molecule has 7 heteroatoms. The molecule has 5 nitrogen and oxygen atoms in total. The Labute approximate surface area is 193 Å². The number of nitrogens with zero attached hydrogens (tertiary/aromatic N) is 3. The second-order valence-corrected chi connectivity index (χ2v) is 8.08. The van der Waals surface area contributed by atoms with Gasteiger partial charge in [-0.25, -0.2) is 8.78 Å². The van der Waals surface area contributed by atoms with Gasteiger partial charge < -0.3 is 15.5 Å². The maximum absolute atomic E-state index is 13.7. The highest BCUT2D eigenvalue weighted by atomic mass is 19.3. The summed E-state index contributed by atoms with van der Waals surface area (Å²) in [7, 11) is 0. The Hall–Kier alpha value is -3.84. The number of anilines is 1. The molecule has 33 heavy (non-hydrogen) atoms. The minimum absolute atomic E-state index is 0.195. The lowest BCUT2D eigenvalue weighted by molar-refractivity contribution is 0.0147. The highest BCUT2D eigenvalue weighted by molar-refractivity contribution is 5.97. The molecule has 1 aromatic heterocycles. The van der Waals surface area contributed by atoms with Crippen molar-refractivity contribution in [3.63, 3.8) is 0 Å². The normalized spacial score (nSPS) is 16.6. The number of unbranched alkanes of at least 4 members (excludes halogenated alkanes) is 1. The molecule has 0 radical (unpaired) electrons. The first-order valence-electron chi connectivity index (χ1n) is 10.7. The zero-order valence-corrected chi connectivity index (χ0v) is 18.5. The average molecular weight is 448 g/mol. The summed E-state index contributed by atoms with van der Waals surface area (Å²) in [6, 6.07) is 8.68. The van der Waals surface area contributed by atoms with Crippen LogP contribution in [0.2, 0.25) is 0 Å². The van der Waals surface area contributed by atoms with E-state index in [2.05, 4.69) is 41.3 Å². The second-order valence-electron chi connectivity index (χ2n) is 8.08. The first-order valence-corrected chi connectivity index (χ1v) is 10.7. The predicted octanol–water partition coefficient (Wildman–Crippen LogP) is 5.27. The highest BCUT2D eigenvalue weighted by Crippen LogP contribution is 2.34. The summed E-state index contributed by atoms with van der Waals surface area (Å²) in [5, 5.41) is 16.6. The van der Waals surface area contributed by atoms with E-state index in [9.17, 15) is 14.0 Å². The lowest BCUT2D eigenvalue weighted by atomic mass is 10.1. The van der Waals surface area contributed by atoms with E-state index in [0.29, 0.717) is 17.8 Å². The molecular formula is C26H27F2N5. The van der Waals surface area contributed by atoms with Crippen LogP contribution in [0.4, 0.5) is 14.5 Å². The van der Waals surface area contributed by atoms with Gasteiger partial charge in [0.2, 0.25) is 0 Å². The number of fused-ring (bicyclic) bond motifs is 1. The Morgan fingerprint density at radius 1 is 1.30 bits per heavy atom. The van der Waals surface area contributed by atoms with Crippen LogP contribution >= 0.6 is 0 Å². The summed E-state index contributed by atoms with van der Waals surface area (Å²) in [4.78, 5) is 5.88. The number of likely N-dealkylation sites (tertiary alicyclic amines) is 1. The maximum Gasteiger partial charge on any atom is 0.268 e. The third-order valence-electron chi connectivity index (χ3n) is 5.54. The number of rotatable bonds is 10. The third-order valence-corrected chi connectivity index (χ3v) is 5.54. The molecule has 0 saturated carbocycles. The number of alkyl halides is 2. The maximum atomic E-state index is 13.7. The van der Waals surface area contributed by atoms with Crippen molar-refractivity contribution in [2.24, 2.45) is 0 Å². The smallest absolute Gasteiger partial charge is 0.268 e. The van der Waals surface area contributed by atoms with Gasteiger partial charge in [0.15, 0.2) is 0 Å². The molecule has 2 heterocycles. The molecule has 170 valence electrons. The van der Waals surface area contributed by atoms with Crippen molar-refractivity contribution in [3.05, 3.63) is 67.2 Å². The van der Waals surface area contributed by atoms with Gasteiger partial charge in [-0.05, 0) is 25.0 Å². The summed E-state index contributed by atoms with van der Waals surface area (Å²) in [6.07, 6.45) is 8.83. The first-order chi connectivity index (χ1) is 15.8. The van der Waals surface area contributed by atoms with E-state index in [0.717, 1.165) is 40.7 Å². The van der Waals surface area contributed by atoms with Crippen LogP contribution in [0.1, 0.15) is 31.2 Å². The number of nitriles is 1. The van der Waals surface area contributed by atoms with Crippen molar-refractivity contribution < 1.29 is 8.78 Å². The predicted molar refractivity (Wildman–Crippen MR) is 129 cm³/mol. The molecule has 3 rings (SSSR count). The summed E-state index contributed by atoms with van der Waals surface area (Å²) in [5.74, 6) is -0.269. The molecule has 0 aliphatic carbocycles. The molecule has 0 bridgehead atoms. The van der Waals surface area contributed by atoms with Crippen molar-refractivity contribution in [2.45, 2.75) is 37.6 Å². The van der Waals surface area contributed by atoms with Crippen LogP contribution in [-0.2, 0) is 0 Å². The lowest BCUT2D eigenvalue weighted by Gasteiger charge is -2.25. The molecule has 1 fully saturated rings. The number of allylic oxidation sites excluding steroid dienone is 1. The van der Waals surface area contributed by atoms with Gasteiger partial charge >= 0.3 is 0 Å². The SMILES string of the molecule is C#CCCCC(=C)Nc1cccc2c(C(=C)NCC(=C)N3CC(F)(F)CC3C#N)ccnc12. The zero-order chi connectivity index (χ0) is 24.0. The van der Waals surface area contributed by atoms with Gasteiger partial charge in [0.1, 0.15) is 6.04 Å². The standard InChI is InChI=1S/C26H27F2N5/c1-5-6-7-9-18(2)32-24-11-8-10-23-22(12-13-30-25(23)24)20(4)31-16-19(3)33-17-26(27,28)14-21(33)15-29/h1,8,10-13,21,31-32H,2-4,6-7,9,14,16-17H2. The van der Waals surface area contributed by atoms with Gasteiger partial charge in [0.25, 0.3) is 5.92 Å². The molecule has 0 spiro atoms. The van der Waals surface area contributed by atoms with Crippen LogP contribution in [0.3, 0.4) is 0 Å². The Morgan fingerprint density at radius 2 is 2.09 bits per heavy atom. The minimum atomic E-state index is -2.89. The Bertz CT molecular complexity index is 1160. The van der Waals surface area contributed by atoms with Gasteiger partial charge in [0.05, 0.1) is 30.4 Å². The molecule has 1 aliphatic heterocycles. The average Bonchev–Trinajstić information content (AvgIpc) is 3.12. The molecule has 2 aromatic rings. The molecule has 1 atom stereocenters. The summed E-state index contributed by atoms with van der Waals surface area (Å²) in [5.41, 5.74) is 4.30. The van der Waals surface area contributed by atoms with Crippen molar-refractivity contribution in [2.75, 3.05) is 18.4 Å². The van der Waals surface area contributed by atoms with Crippen LogP contribution < -0.4 is 10.6 Å². The summed E-state index contributed by atoms with van der Waals surface area (Å²) in [6.45, 7) is 11.8. The fraction of sp³-hybridized carbons (Fsp3) is 0.308. The fourth-order valence-electron chi connectivity index (χ4n) is 3.87. The van der Waals surface area contributed by atoms with Crippen LogP contribution in [0.5, 0.6) is 0 Å². The number of halogens is 2. The van der Waals surface area contributed by atoms with E-state index in [-0.39, 0.29) is 6.54 Å². The van der Waals surface area contributed by atoms with E-state index in [4.69, 9.17) is 6.42 Å². The van der Waals surface area contributed by atoms with E-state index in [1.54, 1.807) is 6.20 Å². The molecule has 1 unspecified atom stereocenters. The summed E-state index contributed by atoms with van der Waals surface area (Å²) < 4.78 is 27.5. The van der Waals surface area contributed by atoms with Crippen molar-refractivity contribution in [1.82, 2.24) is 15.2 Å². The largest absolute Gasteiger partial charge is 0.379 e. The lowest BCUT2D eigenvalue weighted by Crippen LogP contribution is -2.33. The number of hydrogen-bond donors (Lipinski definition) is 2. The van der Waals surface area contributed by atoms with Crippen LogP contribution in [0.15, 0.2) is 61.6 Å². The summed E-state index contributed by atoms with van der Waals surface area (Å²) >= 11 is 0. The number of pyridine rings is 1. The molecule has 1 aliphatic rings. The van der Waals surface area contributed by atoms with Crippen molar-refractivity contribution >= 4 is 22.3 Å². The van der Waals surface area contributed by atoms with Crippen LogP contribution in [0.25, 0.3) is 16.6 Å². The number of benzene rings is 1. The fourth-order valence-corrected chi connectivity index (χ4v) is 3.87. The zero-order valence-electron chi connectivity index (χ0n) is 18.5. The third kappa shape index (κ3) is 5.70. The molecule has 1 saturated heterocycles. The Morgan fingerprint density at radius 3 is 2.82 bits per heavy atom. The Balaban J connectivity index is 1.72. The molecule has 0 amide bonds. The first kappa shape index (κ1) is 23.8. The molecular weight excluding hydrogens is 420 g/mol. The number of terminal acetylenes is 1. The van der Waals surface area contributed by atoms with E-state index in [1.807, 2.05) is 30.3 Å². The van der Waals surface area contributed by atoms with Gasteiger partial charge in [-0.3, -0.25) is 4.98 Å². The highest BCUT2D eigenvalue weighted by Gasteiger charge is 2.45. The van der Waals surface area contributed by atoms with Gasteiger partial charge in [0, 0.05) is 47.1 Å². The Kier molecular flexibility index (Phi) is 7.35. The minimum Gasteiger partial charge on any atom is -0.379 e. The number of nitrogens with one attached hydrogen (secondary N) is 2. The van der Waals surface area contributed by atoms with Gasteiger partial charge in [-0.1, -0.05) is 31.9 Å². The van der Waals surface area contributed by atoms with Crippen molar-refractivity contribution in [1.29, 1.82) is 5.26 Å². The van der Waals surface area contributed by atoms with Gasteiger partial charge in [-0.15, -0.1) is 12.3 Å². The number of aromatic nitrogens is 1. The topological polar surface area (TPSA) is 64.0 Å². The monoisotopic (exact) mass is 447 g/mol. The quantitative estimate of drug-likeness (QED) is 0.384.